The van der Waals surface area contributed by atoms with E-state index in [0.29, 0.717) is 32.9 Å². The van der Waals surface area contributed by atoms with Crippen LogP contribution in [-0.4, -0.2) is 28.3 Å². The van der Waals surface area contributed by atoms with Crippen molar-refractivity contribution >= 4 is 43.7 Å². The van der Waals surface area contributed by atoms with Gasteiger partial charge in [-0.25, -0.2) is 0 Å². The second kappa shape index (κ2) is 8.78. The van der Waals surface area contributed by atoms with Gasteiger partial charge in [0.05, 0.1) is 27.1 Å². The molecule has 1 N–H and O–H groups in total. The highest BCUT2D eigenvalue weighted by Gasteiger charge is 2.16. The zero-order valence-corrected chi connectivity index (χ0v) is 17.6. The quantitative estimate of drug-likeness (QED) is 0.547. The van der Waals surface area contributed by atoms with Crippen molar-refractivity contribution in [2.75, 3.05) is 6.61 Å². The average Bonchev–Trinajstić information content (AvgIpc) is 2.68. The van der Waals surface area contributed by atoms with Crippen molar-refractivity contribution in [3.05, 3.63) is 57.1 Å². The summed E-state index contributed by atoms with van der Waals surface area (Å²) in [7, 11) is 1.63. The van der Waals surface area contributed by atoms with E-state index in [1.54, 1.807) is 38.4 Å². The SMILES string of the molecule is Cc1nccc2c1c(=O)n(C)c1cc(OCC(CC=C(F)F)NC(=O)[O-])c(Br)cc21. The maximum absolute atomic E-state index is 12.8. The largest absolute Gasteiger partial charge is 0.530 e. The Balaban J connectivity index is 2.01. The Morgan fingerprint density at radius 2 is 2.13 bits per heavy atom. The van der Waals surface area contributed by atoms with Crippen LogP contribution in [0.3, 0.4) is 0 Å². The van der Waals surface area contributed by atoms with Crippen molar-refractivity contribution in [1.29, 1.82) is 0 Å². The number of carboxylic acid groups (broad SMARTS) is 1. The lowest BCUT2D eigenvalue weighted by atomic mass is 10.1. The van der Waals surface area contributed by atoms with E-state index in [1.165, 1.54) is 4.57 Å². The van der Waals surface area contributed by atoms with Gasteiger partial charge in [0, 0.05) is 24.7 Å². The Morgan fingerprint density at radius 3 is 2.80 bits per heavy atom. The number of rotatable bonds is 6. The maximum atomic E-state index is 12.8. The van der Waals surface area contributed by atoms with E-state index >= 15 is 0 Å². The fraction of sp³-hybridized carbons (Fsp3) is 0.250. The maximum Gasteiger partial charge on any atom is 0.266 e. The standard InChI is InChI=1S/C20H18BrF2N3O4/c1-10-18-12(5-6-24-10)13-7-14(21)16(8-15(13)26(2)19(18)27)30-9-11(25-20(28)29)3-4-17(22)23/h4-8,11,25H,3,9H2,1-2H3,(H,28,29)/p-1. The van der Waals surface area contributed by atoms with Crippen molar-refractivity contribution in [3.63, 3.8) is 0 Å². The van der Waals surface area contributed by atoms with Gasteiger partial charge in [0.1, 0.15) is 18.4 Å². The summed E-state index contributed by atoms with van der Waals surface area (Å²) in [5.74, 6) is 0.331. The number of aromatic nitrogens is 2. The lowest BCUT2D eigenvalue weighted by Gasteiger charge is -2.20. The number of nitrogens with one attached hydrogen (secondary N) is 1. The van der Waals surface area contributed by atoms with E-state index in [4.69, 9.17) is 4.74 Å². The second-order valence-electron chi connectivity index (χ2n) is 6.65. The first-order valence-electron chi connectivity index (χ1n) is 8.88. The van der Waals surface area contributed by atoms with Crippen LogP contribution in [0.2, 0.25) is 0 Å². The molecule has 2 aromatic heterocycles. The highest BCUT2D eigenvalue weighted by atomic mass is 79.9. The second-order valence-corrected chi connectivity index (χ2v) is 7.51. The number of nitrogens with zero attached hydrogens (tertiary/aromatic N) is 2. The molecule has 3 rings (SSSR count). The molecule has 0 aliphatic carbocycles. The third kappa shape index (κ3) is 4.43. The van der Waals surface area contributed by atoms with Crippen molar-refractivity contribution in [2.24, 2.45) is 7.05 Å². The molecule has 1 amide bonds. The number of halogens is 3. The molecule has 10 heteroatoms. The Labute approximate surface area is 178 Å². The minimum Gasteiger partial charge on any atom is -0.530 e. The zero-order chi connectivity index (χ0) is 22.0. The number of carbonyl (C=O) groups is 1. The summed E-state index contributed by atoms with van der Waals surface area (Å²) in [6.07, 6.45) is -1.55. The Bertz CT molecular complexity index is 1220. The molecule has 0 aliphatic rings. The number of fused-ring (bicyclic) bond motifs is 3. The molecule has 0 fully saturated rings. The normalized spacial score (nSPS) is 12.0. The number of hydrogen-bond acceptors (Lipinski definition) is 5. The van der Waals surface area contributed by atoms with E-state index < -0.39 is 18.2 Å². The zero-order valence-electron chi connectivity index (χ0n) is 16.0. The molecule has 1 aromatic carbocycles. The van der Waals surface area contributed by atoms with Crippen LogP contribution >= 0.6 is 15.9 Å². The first kappa shape index (κ1) is 21.7. The topological polar surface area (TPSA) is 96.3 Å². The summed E-state index contributed by atoms with van der Waals surface area (Å²) in [6.45, 7) is 1.55. The van der Waals surface area contributed by atoms with Gasteiger partial charge in [-0.3, -0.25) is 9.78 Å². The lowest BCUT2D eigenvalue weighted by molar-refractivity contribution is -0.251. The van der Waals surface area contributed by atoms with E-state index in [1.807, 2.05) is 5.32 Å². The molecule has 7 nitrogen and oxygen atoms in total. The first-order valence-corrected chi connectivity index (χ1v) is 9.67. The van der Waals surface area contributed by atoms with E-state index in [9.17, 15) is 23.5 Å². The molecule has 1 atom stereocenters. The van der Waals surface area contributed by atoms with Gasteiger partial charge in [0.25, 0.3) is 11.6 Å². The lowest BCUT2D eigenvalue weighted by Crippen LogP contribution is -2.45. The molecule has 0 saturated carbocycles. The fourth-order valence-electron chi connectivity index (χ4n) is 3.24. The van der Waals surface area contributed by atoms with E-state index in [-0.39, 0.29) is 18.6 Å². The van der Waals surface area contributed by atoms with E-state index in [0.717, 1.165) is 10.8 Å². The minimum atomic E-state index is -1.92. The molecule has 0 bridgehead atoms. The fourth-order valence-corrected chi connectivity index (χ4v) is 3.70. The summed E-state index contributed by atoms with van der Waals surface area (Å²) >= 11 is 3.42. The molecule has 1 unspecified atom stereocenters. The van der Waals surface area contributed by atoms with Crippen molar-refractivity contribution in [3.8, 4) is 5.75 Å². The van der Waals surface area contributed by atoms with Crippen molar-refractivity contribution in [1.82, 2.24) is 14.9 Å². The van der Waals surface area contributed by atoms with Gasteiger partial charge in [-0.15, -0.1) is 0 Å². The number of carbonyl (C=O) groups excluding carboxylic acids is 1. The van der Waals surface area contributed by atoms with Crippen LogP contribution in [0.15, 0.2) is 45.8 Å². The molecule has 0 radical (unpaired) electrons. The molecule has 0 aliphatic heterocycles. The smallest absolute Gasteiger partial charge is 0.266 e. The number of pyridine rings is 2. The number of hydrogen-bond donors (Lipinski definition) is 1. The van der Waals surface area contributed by atoms with Crippen LogP contribution < -0.4 is 20.7 Å². The number of ether oxygens (including phenoxy) is 1. The van der Waals surface area contributed by atoms with Crippen LogP contribution in [0.1, 0.15) is 12.1 Å². The van der Waals surface area contributed by atoms with Gasteiger partial charge in [-0.2, -0.15) is 8.78 Å². The summed E-state index contributed by atoms with van der Waals surface area (Å²) < 4.78 is 32.4. The number of benzene rings is 1. The van der Waals surface area contributed by atoms with Crippen molar-refractivity contribution in [2.45, 2.75) is 19.4 Å². The third-order valence-electron chi connectivity index (χ3n) is 4.68. The van der Waals surface area contributed by atoms with E-state index in [2.05, 4.69) is 20.9 Å². The molecule has 158 valence electrons. The third-order valence-corrected chi connectivity index (χ3v) is 5.30. The molecular formula is C20H17BrF2N3O4-. The van der Waals surface area contributed by atoms with Crippen LogP contribution in [0.5, 0.6) is 5.75 Å². The predicted molar refractivity (Wildman–Crippen MR) is 110 cm³/mol. The number of amides is 1. The summed E-state index contributed by atoms with van der Waals surface area (Å²) in [4.78, 5) is 27.8. The average molecular weight is 481 g/mol. The van der Waals surface area contributed by atoms with Gasteiger partial charge in [-0.05, 0) is 52.9 Å². The first-order chi connectivity index (χ1) is 14.2. The van der Waals surface area contributed by atoms with Gasteiger partial charge in [0.15, 0.2) is 0 Å². The van der Waals surface area contributed by atoms with Gasteiger partial charge in [0.2, 0.25) is 0 Å². The van der Waals surface area contributed by atoms with Crippen LogP contribution in [0.25, 0.3) is 21.7 Å². The molecule has 2 heterocycles. The summed E-state index contributed by atoms with van der Waals surface area (Å²) in [6, 6.07) is 4.25. The Morgan fingerprint density at radius 1 is 1.40 bits per heavy atom. The van der Waals surface area contributed by atoms with Crippen LogP contribution in [0, 0.1) is 6.92 Å². The highest BCUT2D eigenvalue weighted by molar-refractivity contribution is 9.10. The molecule has 30 heavy (non-hydrogen) atoms. The van der Waals surface area contributed by atoms with Crippen molar-refractivity contribution < 1.29 is 23.4 Å². The summed E-state index contributed by atoms with van der Waals surface area (Å²) in [5.41, 5.74) is 1.00. The van der Waals surface area contributed by atoms with Gasteiger partial charge >= 0.3 is 0 Å². The van der Waals surface area contributed by atoms with Crippen LogP contribution in [0.4, 0.5) is 13.6 Å². The summed E-state index contributed by atoms with van der Waals surface area (Å²) in [5, 5.41) is 14.9. The van der Waals surface area contributed by atoms with Gasteiger partial charge in [-0.1, -0.05) is 0 Å². The van der Waals surface area contributed by atoms with Crippen LogP contribution in [-0.2, 0) is 7.05 Å². The Hall–Kier alpha value is -3.01. The molecular weight excluding hydrogens is 464 g/mol. The van der Waals surface area contributed by atoms with Gasteiger partial charge < -0.3 is 24.5 Å². The minimum absolute atomic E-state index is 0.212. The molecule has 0 saturated heterocycles. The molecule has 3 aromatic rings. The Kier molecular flexibility index (Phi) is 6.35. The predicted octanol–water partition coefficient (Wildman–Crippen LogP) is 3.01. The molecule has 0 spiro atoms. The monoisotopic (exact) mass is 480 g/mol. The highest BCUT2D eigenvalue weighted by Crippen LogP contribution is 2.33. The number of aryl methyl sites for hydroxylation is 2.